The van der Waals surface area contributed by atoms with Crippen LogP contribution in [0.25, 0.3) is 0 Å². The lowest BCUT2D eigenvalue weighted by Gasteiger charge is -2.29. The molecule has 0 aliphatic heterocycles. The van der Waals surface area contributed by atoms with Crippen LogP contribution in [0.15, 0.2) is 55.1 Å². The Balaban J connectivity index is 1.49. The van der Waals surface area contributed by atoms with E-state index >= 15 is 0 Å². The van der Waals surface area contributed by atoms with Gasteiger partial charge in [0.2, 0.25) is 0 Å². The Morgan fingerprint density at radius 1 is 1.12 bits per heavy atom. The maximum absolute atomic E-state index is 14.1. The third kappa shape index (κ3) is 6.04. The first-order valence-corrected chi connectivity index (χ1v) is 10.8. The molecular weight excluding hydrogens is 409 g/mol. The van der Waals surface area contributed by atoms with Gasteiger partial charge in [-0.25, -0.2) is 14.0 Å². The third-order valence-electron chi connectivity index (χ3n) is 5.92. The molecule has 1 aliphatic rings. The fourth-order valence-electron chi connectivity index (χ4n) is 4.11. The zero-order chi connectivity index (χ0) is 22.9. The van der Waals surface area contributed by atoms with Crippen LogP contribution in [0.4, 0.5) is 4.39 Å². The van der Waals surface area contributed by atoms with E-state index in [1.165, 1.54) is 29.8 Å². The lowest BCUT2D eigenvalue weighted by Crippen LogP contribution is -2.15. The van der Waals surface area contributed by atoms with Gasteiger partial charge in [-0.05, 0) is 80.2 Å². The summed E-state index contributed by atoms with van der Waals surface area (Å²) < 4.78 is 24.3. The summed E-state index contributed by atoms with van der Waals surface area (Å²) in [6.45, 7) is 3.82. The van der Waals surface area contributed by atoms with Gasteiger partial charge in [-0.1, -0.05) is 24.8 Å². The van der Waals surface area contributed by atoms with Crippen LogP contribution in [0.1, 0.15) is 65.9 Å². The first-order chi connectivity index (χ1) is 15.5. The minimum atomic E-state index is -0.837. The molecule has 0 unspecified atom stereocenters. The van der Waals surface area contributed by atoms with Crippen LogP contribution in [-0.2, 0) is 9.53 Å². The maximum Gasteiger partial charge on any atom is 0.343 e. The van der Waals surface area contributed by atoms with Crippen molar-refractivity contribution < 1.29 is 23.5 Å². The Labute approximate surface area is 187 Å². The fraction of sp³-hybridized carbons (Fsp3) is 0.346. The Morgan fingerprint density at radius 3 is 2.50 bits per heavy atom. The van der Waals surface area contributed by atoms with Crippen molar-refractivity contribution in [2.45, 2.75) is 44.4 Å². The summed E-state index contributed by atoms with van der Waals surface area (Å²) in [4.78, 5) is 23.4. The third-order valence-corrected chi connectivity index (χ3v) is 5.92. The molecule has 0 bridgehead atoms. The molecule has 3 rings (SSSR count). The lowest BCUT2D eigenvalue weighted by atomic mass is 9.77. The standard InChI is InChI=1S/C26H26FNO4/c1-2-24(29)31-16-4-5-18-8-10-19(11-9-18)20-12-14-21(15-13-20)26(30)32-23-7-3-6-22(17-28)25(23)27/h2-3,6-7,12-15,18-19H,1,4-5,8-11,16H2. The minimum absolute atomic E-state index is 0.168. The smallest absolute Gasteiger partial charge is 0.343 e. The van der Waals surface area contributed by atoms with Gasteiger partial charge < -0.3 is 9.47 Å². The van der Waals surface area contributed by atoms with Gasteiger partial charge in [0.05, 0.1) is 17.7 Å². The topological polar surface area (TPSA) is 76.4 Å². The molecular formula is C26H26FNO4. The summed E-state index contributed by atoms with van der Waals surface area (Å²) in [5, 5.41) is 8.90. The summed E-state index contributed by atoms with van der Waals surface area (Å²) in [6, 6.07) is 13.1. The van der Waals surface area contributed by atoms with E-state index in [-0.39, 0.29) is 17.3 Å². The molecule has 0 heterocycles. The van der Waals surface area contributed by atoms with Gasteiger partial charge in [0.25, 0.3) is 0 Å². The maximum atomic E-state index is 14.1. The van der Waals surface area contributed by atoms with Crippen molar-refractivity contribution in [3.8, 4) is 11.8 Å². The van der Waals surface area contributed by atoms with Crippen molar-refractivity contribution in [2.24, 2.45) is 5.92 Å². The van der Waals surface area contributed by atoms with Crippen LogP contribution >= 0.6 is 0 Å². The lowest BCUT2D eigenvalue weighted by molar-refractivity contribution is -0.137. The normalized spacial score (nSPS) is 17.8. The second-order valence-electron chi connectivity index (χ2n) is 7.97. The SMILES string of the molecule is C=CC(=O)OCCCC1CCC(c2ccc(C(=O)Oc3cccc(C#N)c3F)cc2)CC1. The summed E-state index contributed by atoms with van der Waals surface area (Å²) >= 11 is 0. The van der Waals surface area contributed by atoms with E-state index in [0.717, 1.165) is 38.5 Å². The van der Waals surface area contributed by atoms with Gasteiger partial charge in [0.15, 0.2) is 11.6 Å². The van der Waals surface area contributed by atoms with Crippen molar-refractivity contribution in [3.63, 3.8) is 0 Å². The average molecular weight is 435 g/mol. The van der Waals surface area contributed by atoms with Crippen molar-refractivity contribution >= 4 is 11.9 Å². The van der Waals surface area contributed by atoms with Gasteiger partial charge in [-0.3, -0.25) is 0 Å². The number of hydrogen-bond acceptors (Lipinski definition) is 5. The predicted octanol–water partition coefficient (Wildman–Crippen LogP) is 5.70. The molecule has 0 amide bonds. The Bertz CT molecular complexity index is 1000. The molecule has 1 saturated carbocycles. The number of ether oxygens (including phenoxy) is 2. The van der Waals surface area contributed by atoms with E-state index in [2.05, 4.69) is 6.58 Å². The van der Waals surface area contributed by atoms with Crippen LogP contribution in [0.3, 0.4) is 0 Å². The van der Waals surface area contributed by atoms with E-state index in [1.807, 2.05) is 12.1 Å². The van der Waals surface area contributed by atoms with Gasteiger partial charge >= 0.3 is 11.9 Å². The van der Waals surface area contributed by atoms with Crippen LogP contribution in [-0.4, -0.2) is 18.5 Å². The zero-order valence-corrected chi connectivity index (χ0v) is 17.9. The average Bonchev–Trinajstić information content (AvgIpc) is 2.83. The Kier molecular flexibility index (Phi) is 8.15. The van der Waals surface area contributed by atoms with Crippen molar-refractivity contribution in [2.75, 3.05) is 6.61 Å². The monoisotopic (exact) mass is 435 g/mol. The highest BCUT2D eigenvalue weighted by atomic mass is 19.1. The second-order valence-corrected chi connectivity index (χ2v) is 7.97. The highest BCUT2D eigenvalue weighted by Crippen LogP contribution is 2.37. The number of rotatable bonds is 8. The zero-order valence-electron chi connectivity index (χ0n) is 17.9. The molecule has 6 heteroatoms. The Hall–Kier alpha value is -3.46. The number of carbonyl (C=O) groups is 2. The quantitative estimate of drug-likeness (QED) is 0.230. The number of esters is 2. The van der Waals surface area contributed by atoms with Crippen molar-refractivity contribution in [1.82, 2.24) is 0 Å². The molecule has 0 spiro atoms. The molecule has 0 N–H and O–H groups in total. The van der Waals surface area contributed by atoms with Gasteiger partial charge in [-0.2, -0.15) is 5.26 Å². The summed E-state index contributed by atoms with van der Waals surface area (Å²) in [5.74, 6) is -1.04. The number of hydrogen-bond donors (Lipinski definition) is 0. The first kappa shape index (κ1) is 23.2. The fourth-order valence-corrected chi connectivity index (χ4v) is 4.11. The Morgan fingerprint density at radius 2 is 1.84 bits per heavy atom. The van der Waals surface area contributed by atoms with Gasteiger partial charge in [0.1, 0.15) is 6.07 Å². The molecule has 2 aromatic carbocycles. The van der Waals surface area contributed by atoms with E-state index in [1.54, 1.807) is 18.2 Å². The number of carbonyl (C=O) groups excluding carboxylic acids is 2. The first-order valence-electron chi connectivity index (χ1n) is 10.8. The summed E-state index contributed by atoms with van der Waals surface area (Å²) in [6.07, 6.45) is 7.49. The summed E-state index contributed by atoms with van der Waals surface area (Å²) in [5.41, 5.74) is 1.34. The largest absolute Gasteiger partial charge is 0.463 e. The van der Waals surface area contributed by atoms with Crippen molar-refractivity contribution in [1.29, 1.82) is 5.26 Å². The van der Waals surface area contributed by atoms with E-state index in [4.69, 9.17) is 14.7 Å². The molecule has 0 radical (unpaired) electrons. The molecule has 0 atom stereocenters. The molecule has 2 aromatic rings. The number of benzene rings is 2. The molecule has 0 saturated heterocycles. The summed E-state index contributed by atoms with van der Waals surface area (Å²) in [7, 11) is 0. The predicted molar refractivity (Wildman–Crippen MR) is 118 cm³/mol. The van der Waals surface area contributed by atoms with Crippen LogP contribution in [0, 0.1) is 23.1 Å². The highest BCUT2D eigenvalue weighted by Gasteiger charge is 2.23. The van der Waals surface area contributed by atoms with Gasteiger partial charge in [-0.15, -0.1) is 0 Å². The molecule has 0 aromatic heterocycles. The highest BCUT2D eigenvalue weighted by molar-refractivity contribution is 5.91. The van der Waals surface area contributed by atoms with E-state index < -0.39 is 11.8 Å². The number of halogens is 1. The van der Waals surface area contributed by atoms with E-state index in [9.17, 15) is 14.0 Å². The van der Waals surface area contributed by atoms with Crippen LogP contribution in [0.2, 0.25) is 0 Å². The second kappa shape index (κ2) is 11.2. The van der Waals surface area contributed by atoms with Crippen LogP contribution in [0.5, 0.6) is 5.75 Å². The molecule has 1 fully saturated rings. The van der Waals surface area contributed by atoms with Crippen molar-refractivity contribution in [3.05, 3.63) is 77.6 Å². The van der Waals surface area contributed by atoms with E-state index in [0.29, 0.717) is 24.0 Å². The molecule has 1 aliphatic carbocycles. The molecule has 166 valence electrons. The minimum Gasteiger partial charge on any atom is -0.463 e. The van der Waals surface area contributed by atoms with Gasteiger partial charge in [0, 0.05) is 6.08 Å². The molecule has 32 heavy (non-hydrogen) atoms. The van der Waals surface area contributed by atoms with Crippen LogP contribution < -0.4 is 4.74 Å². The number of nitriles is 1. The molecule has 5 nitrogen and oxygen atoms in total. The number of nitrogens with zero attached hydrogens (tertiary/aromatic N) is 1.